The van der Waals surface area contributed by atoms with Crippen LogP contribution in [0, 0.1) is 5.92 Å². The molecule has 1 aromatic heterocycles. The fraction of sp³-hybridized carbons (Fsp3) is 0.800. The van der Waals surface area contributed by atoms with Gasteiger partial charge >= 0.3 is 0 Å². The predicted octanol–water partition coefficient (Wildman–Crippen LogP) is 3.13. The molecule has 4 heteroatoms. The molecule has 1 aromatic rings. The van der Waals surface area contributed by atoms with Crippen molar-refractivity contribution in [2.45, 2.75) is 52.0 Å². The van der Waals surface area contributed by atoms with Gasteiger partial charge < -0.3 is 10.1 Å². The first-order valence-electron chi connectivity index (χ1n) is 7.37. The van der Waals surface area contributed by atoms with E-state index in [0.29, 0.717) is 12.5 Å². The van der Waals surface area contributed by atoms with Crippen molar-refractivity contribution >= 4 is 11.3 Å². The Balaban J connectivity index is 2.33. The number of hydrogen-bond acceptors (Lipinski definition) is 4. The van der Waals surface area contributed by atoms with Crippen molar-refractivity contribution in [2.24, 2.45) is 5.92 Å². The second-order valence-electron chi connectivity index (χ2n) is 5.73. The molecule has 19 heavy (non-hydrogen) atoms. The normalized spacial score (nSPS) is 17.7. The van der Waals surface area contributed by atoms with Gasteiger partial charge in [0.05, 0.1) is 17.8 Å². The third-order valence-corrected chi connectivity index (χ3v) is 5.36. The summed E-state index contributed by atoms with van der Waals surface area (Å²) >= 11 is 1.89. The minimum Gasteiger partial charge on any atom is -0.382 e. The van der Waals surface area contributed by atoms with E-state index in [1.54, 1.807) is 7.11 Å². The van der Waals surface area contributed by atoms with Crippen molar-refractivity contribution < 1.29 is 4.74 Å². The zero-order chi connectivity index (χ0) is 13.9. The van der Waals surface area contributed by atoms with Crippen LogP contribution in [0.25, 0.3) is 0 Å². The highest BCUT2D eigenvalue weighted by Crippen LogP contribution is 2.37. The van der Waals surface area contributed by atoms with E-state index in [4.69, 9.17) is 9.72 Å². The molecule has 1 aliphatic rings. The van der Waals surface area contributed by atoms with Gasteiger partial charge in [0.15, 0.2) is 0 Å². The van der Waals surface area contributed by atoms with Crippen LogP contribution in [0.15, 0.2) is 0 Å². The quantitative estimate of drug-likeness (QED) is 0.834. The summed E-state index contributed by atoms with van der Waals surface area (Å²) in [5, 5.41) is 4.94. The Morgan fingerprint density at radius 3 is 2.79 bits per heavy atom. The van der Waals surface area contributed by atoms with Crippen molar-refractivity contribution in [3.63, 3.8) is 0 Å². The zero-order valence-corrected chi connectivity index (χ0v) is 13.4. The minimum atomic E-state index is -0.125. The van der Waals surface area contributed by atoms with E-state index in [-0.39, 0.29) is 5.54 Å². The van der Waals surface area contributed by atoms with Gasteiger partial charge in [0.25, 0.3) is 0 Å². The molecule has 0 saturated carbocycles. The van der Waals surface area contributed by atoms with Gasteiger partial charge in [-0.2, -0.15) is 0 Å². The van der Waals surface area contributed by atoms with E-state index in [2.05, 4.69) is 26.1 Å². The Bertz CT molecular complexity index is 395. The first-order chi connectivity index (χ1) is 9.14. The monoisotopic (exact) mass is 282 g/mol. The van der Waals surface area contributed by atoms with Crippen molar-refractivity contribution in [3.8, 4) is 0 Å². The third kappa shape index (κ3) is 2.86. The van der Waals surface area contributed by atoms with Crippen molar-refractivity contribution in [2.75, 3.05) is 20.3 Å². The third-order valence-electron chi connectivity index (χ3n) is 4.03. The molecule has 3 nitrogen and oxygen atoms in total. The fourth-order valence-electron chi connectivity index (χ4n) is 2.76. The van der Waals surface area contributed by atoms with Crippen LogP contribution in [0.4, 0.5) is 0 Å². The molecule has 1 atom stereocenters. The summed E-state index contributed by atoms with van der Waals surface area (Å²) in [5.74, 6) is 0.463. The van der Waals surface area contributed by atoms with Gasteiger partial charge in [0.2, 0.25) is 0 Å². The average molecular weight is 282 g/mol. The summed E-state index contributed by atoms with van der Waals surface area (Å²) in [4.78, 5) is 6.43. The molecule has 0 saturated heterocycles. The van der Waals surface area contributed by atoms with E-state index in [1.807, 2.05) is 11.3 Å². The maximum Gasteiger partial charge on any atom is 0.116 e. The van der Waals surface area contributed by atoms with E-state index in [0.717, 1.165) is 19.4 Å². The number of aryl methyl sites for hydroxylation is 2. The number of nitrogens with one attached hydrogen (secondary N) is 1. The Morgan fingerprint density at radius 2 is 2.21 bits per heavy atom. The molecule has 2 rings (SSSR count). The van der Waals surface area contributed by atoms with Crippen LogP contribution >= 0.6 is 11.3 Å². The number of ether oxygens (including phenoxy) is 1. The molecular weight excluding hydrogens is 256 g/mol. The molecule has 108 valence electrons. The van der Waals surface area contributed by atoms with E-state index >= 15 is 0 Å². The van der Waals surface area contributed by atoms with Crippen LogP contribution in [0.2, 0.25) is 0 Å². The number of thiazole rings is 1. The lowest BCUT2D eigenvalue weighted by molar-refractivity contribution is 0.0761. The summed E-state index contributed by atoms with van der Waals surface area (Å²) in [6, 6.07) is 0. The second-order valence-corrected chi connectivity index (χ2v) is 6.81. The zero-order valence-electron chi connectivity index (χ0n) is 12.6. The molecule has 0 aromatic carbocycles. The first-order valence-corrected chi connectivity index (χ1v) is 8.18. The molecule has 0 amide bonds. The Labute approximate surface area is 120 Å². The number of aromatic nitrogens is 1. The summed E-state index contributed by atoms with van der Waals surface area (Å²) in [6.45, 7) is 8.41. The first kappa shape index (κ1) is 14.9. The average Bonchev–Trinajstić information content (AvgIpc) is 2.94. The van der Waals surface area contributed by atoms with Crippen molar-refractivity contribution in [1.82, 2.24) is 10.3 Å². The lowest BCUT2D eigenvalue weighted by Gasteiger charge is -2.36. The molecule has 0 radical (unpaired) electrons. The van der Waals surface area contributed by atoms with Crippen LogP contribution in [-0.4, -0.2) is 25.2 Å². The van der Waals surface area contributed by atoms with Gasteiger partial charge in [-0.1, -0.05) is 20.8 Å². The fourth-order valence-corrected chi connectivity index (χ4v) is 4.21. The molecular formula is C15H26N2OS. The molecule has 1 unspecified atom stereocenters. The van der Waals surface area contributed by atoms with Crippen LogP contribution in [-0.2, 0) is 23.1 Å². The minimum absolute atomic E-state index is 0.125. The molecule has 1 N–H and O–H groups in total. The van der Waals surface area contributed by atoms with E-state index in [1.165, 1.54) is 28.4 Å². The summed E-state index contributed by atoms with van der Waals surface area (Å²) in [6.07, 6.45) is 4.77. The Hall–Kier alpha value is -0.450. The highest BCUT2D eigenvalue weighted by molar-refractivity contribution is 7.12. The standard InChI is InChI=1S/C15H26N2OS/c1-5-9-16-15(10-18-4,11(2)3)14-17-12-7-6-8-13(12)19-14/h11,16H,5-10H2,1-4H3. The topological polar surface area (TPSA) is 34.1 Å². The maximum atomic E-state index is 5.53. The van der Waals surface area contributed by atoms with Crippen molar-refractivity contribution in [1.29, 1.82) is 0 Å². The number of methoxy groups -OCH3 is 1. The lowest BCUT2D eigenvalue weighted by Crippen LogP contribution is -2.50. The van der Waals surface area contributed by atoms with Crippen LogP contribution in [0.5, 0.6) is 0 Å². The summed E-state index contributed by atoms with van der Waals surface area (Å²) in [5.41, 5.74) is 1.21. The summed E-state index contributed by atoms with van der Waals surface area (Å²) in [7, 11) is 1.78. The van der Waals surface area contributed by atoms with Crippen LogP contribution < -0.4 is 5.32 Å². The van der Waals surface area contributed by atoms with Gasteiger partial charge in [-0.25, -0.2) is 4.98 Å². The SMILES string of the molecule is CCCNC(COC)(c1nc2c(s1)CCC2)C(C)C. The van der Waals surface area contributed by atoms with Crippen LogP contribution in [0.1, 0.15) is 49.2 Å². The second kappa shape index (κ2) is 6.33. The predicted molar refractivity (Wildman–Crippen MR) is 80.8 cm³/mol. The van der Waals surface area contributed by atoms with Gasteiger partial charge in [-0.3, -0.25) is 0 Å². The molecule has 0 fully saturated rings. The highest BCUT2D eigenvalue weighted by atomic mass is 32.1. The number of fused-ring (bicyclic) bond motifs is 1. The van der Waals surface area contributed by atoms with Gasteiger partial charge in [-0.05, 0) is 38.1 Å². The van der Waals surface area contributed by atoms with Gasteiger partial charge in [0.1, 0.15) is 5.01 Å². The largest absolute Gasteiger partial charge is 0.382 e. The molecule has 1 heterocycles. The van der Waals surface area contributed by atoms with Crippen molar-refractivity contribution in [3.05, 3.63) is 15.6 Å². The van der Waals surface area contributed by atoms with Gasteiger partial charge in [0, 0.05) is 12.0 Å². The molecule has 0 bridgehead atoms. The lowest BCUT2D eigenvalue weighted by atomic mass is 9.87. The van der Waals surface area contributed by atoms with E-state index in [9.17, 15) is 0 Å². The van der Waals surface area contributed by atoms with Crippen LogP contribution in [0.3, 0.4) is 0 Å². The highest BCUT2D eigenvalue weighted by Gasteiger charge is 2.39. The summed E-state index contributed by atoms with van der Waals surface area (Å²) < 4.78 is 5.53. The number of rotatable bonds is 7. The Kier molecular flexibility index (Phi) is 4.98. The van der Waals surface area contributed by atoms with Gasteiger partial charge in [-0.15, -0.1) is 11.3 Å². The number of hydrogen-bond donors (Lipinski definition) is 1. The smallest absolute Gasteiger partial charge is 0.116 e. The van der Waals surface area contributed by atoms with E-state index < -0.39 is 0 Å². The molecule has 1 aliphatic carbocycles. The maximum absolute atomic E-state index is 5.53. The Morgan fingerprint density at radius 1 is 1.42 bits per heavy atom. The number of nitrogens with zero attached hydrogens (tertiary/aromatic N) is 1. The molecule has 0 spiro atoms. The molecule has 0 aliphatic heterocycles.